The minimum Gasteiger partial charge on any atom is -0.376 e. The smallest absolute Gasteiger partial charge is 0.275 e. The molecule has 0 saturated carbocycles. The standard InChI is InChI=1S/C22H27N5O3/c1-16-14-18(24-26(16)2)22(28)27-12-7-6-10-19(27)21-23-20(25-30-21)11-13-29-15-17-8-4-3-5-9-17/h3-5,8-9,14,19H,6-7,10-13,15H2,1-2H3. The zero-order valence-electron chi connectivity index (χ0n) is 17.5. The van der Waals surface area contributed by atoms with E-state index in [0.717, 1.165) is 30.5 Å². The third-order valence-electron chi connectivity index (χ3n) is 5.45. The summed E-state index contributed by atoms with van der Waals surface area (Å²) >= 11 is 0. The molecule has 3 heterocycles. The van der Waals surface area contributed by atoms with E-state index in [2.05, 4.69) is 15.2 Å². The summed E-state index contributed by atoms with van der Waals surface area (Å²) in [7, 11) is 1.84. The van der Waals surface area contributed by atoms with Crippen molar-refractivity contribution in [2.24, 2.45) is 7.05 Å². The highest BCUT2D eigenvalue weighted by Crippen LogP contribution is 2.31. The summed E-state index contributed by atoms with van der Waals surface area (Å²) in [6.45, 7) is 3.66. The van der Waals surface area contributed by atoms with E-state index in [9.17, 15) is 4.79 Å². The van der Waals surface area contributed by atoms with Crippen molar-refractivity contribution < 1.29 is 14.1 Å². The predicted octanol–water partition coefficient (Wildman–Crippen LogP) is 3.24. The molecule has 1 fully saturated rings. The van der Waals surface area contributed by atoms with Gasteiger partial charge in [0.2, 0.25) is 5.89 Å². The number of aryl methyl sites for hydroxylation is 2. The highest BCUT2D eigenvalue weighted by atomic mass is 16.5. The first-order valence-electron chi connectivity index (χ1n) is 10.4. The van der Waals surface area contributed by atoms with Crippen LogP contribution in [0.25, 0.3) is 0 Å². The van der Waals surface area contributed by atoms with Gasteiger partial charge in [-0.05, 0) is 37.8 Å². The van der Waals surface area contributed by atoms with E-state index in [1.54, 1.807) is 4.68 Å². The van der Waals surface area contributed by atoms with Gasteiger partial charge in [-0.2, -0.15) is 10.1 Å². The summed E-state index contributed by atoms with van der Waals surface area (Å²) in [5.41, 5.74) is 2.53. The van der Waals surface area contributed by atoms with Gasteiger partial charge in [0, 0.05) is 25.7 Å². The number of carbonyl (C=O) groups is 1. The molecule has 1 aliphatic rings. The minimum absolute atomic E-state index is 0.0886. The van der Waals surface area contributed by atoms with Crippen LogP contribution in [0.4, 0.5) is 0 Å². The Bertz CT molecular complexity index is 962. The molecule has 1 aromatic carbocycles. The number of amides is 1. The molecular weight excluding hydrogens is 382 g/mol. The quantitative estimate of drug-likeness (QED) is 0.557. The molecule has 0 bridgehead atoms. The van der Waals surface area contributed by atoms with Gasteiger partial charge >= 0.3 is 0 Å². The second-order valence-corrected chi connectivity index (χ2v) is 7.64. The summed E-state index contributed by atoms with van der Waals surface area (Å²) < 4.78 is 13.0. The molecule has 0 N–H and O–H groups in total. The molecule has 1 unspecified atom stereocenters. The first-order valence-corrected chi connectivity index (χ1v) is 10.4. The molecule has 8 nitrogen and oxygen atoms in total. The maximum absolute atomic E-state index is 13.0. The molecule has 3 aromatic rings. The van der Waals surface area contributed by atoms with Crippen LogP contribution in [0.2, 0.25) is 0 Å². The molecule has 1 saturated heterocycles. The molecule has 30 heavy (non-hydrogen) atoms. The van der Waals surface area contributed by atoms with Crippen LogP contribution in [0.15, 0.2) is 40.9 Å². The number of carbonyl (C=O) groups excluding carboxylic acids is 1. The number of nitrogens with zero attached hydrogens (tertiary/aromatic N) is 5. The number of piperidine rings is 1. The predicted molar refractivity (Wildman–Crippen MR) is 110 cm³/mol. The zero-order chi connectivity index (χ0) is 20.9. The molecule has 0 spiro atoms. The van der Waals surface area contributed by atoms with Crippen LogP contribution in [0.1, 0.15) is 58.8 Å². The third-order valence-corrected chi connectivity index (χ3v) is 5.45. The van der Waals surface area contributed by atoms with E-state index >= 15 is 0 Å². The molecule has 8 heteroatoms. The van der Waals surface area contributed by atoms with Gasteiger partial charge in [0.25, 0.3) is 5.91 Å². The Morgan fingerprint density at radius 1 is 1.27 bits per heavy atom. The third kappa shape index (κ3) is 4.59. The normalized spacial score (nSPS) is 16.7. The highest BCUT2D eigenvalue weighted by Gasteiger charge is 2.33. The number of likely N-dealkylation sites (tertiary alicyclic amines) is 1. The van der Waals surface area contributed by atoms with E-state index in [-0.39, 0.29) is 11.9 Å². The van der Waals surface area contributed by atoms with E-state index < -0.39 is 0 Å². The lowest BCUT2D eigenvalue weighted by Gasteiger charge is -2.32. The van der Waals surface area contributed by atoms with Crippen molar-refractivity contribution >= 4 is 5.91 Å². The van der Waals surface area contributed by atoms with Crippen LogP contribution >= 0.6 is 0 Å². The maximum atomic E-state index is 13.0. The second-order valence-electron chi connectivity index (χ2n) is 7.64. The highest BCUT2D eigenvalue weighted by molar-refractivity contribution is 5.92. The number of benzene rings is 1. The fraction of sp³-hybridized carbons (Fsp3) is 0.455. The van der Waals surface area contributed by atoms with Crippen LogP contribution in [0.5, 0.6) is 0 Å². The topological polar surface area (TPSA) is 86.3 Å². The van der Waals surface area contributed by atoms with Gasteiger partial charge in [0.05, 0.1) is 13.2 Å². The molecular formula is C22H27N5O3. The Balaban J connectivity index is 1.37. The SMILES string of the molecule is Cc1cc(C(=O)N2CCCCC2c2nc(CCOCc3ccccc3)no2)nn1C. The second kappa shape index (κ2) is 9.21. The van der Waals surface area contributed by atoms with Gasteiger partial charge in [-0.1, -0.05) is 35.5 Å². The summed E-state index contributed by atoms with van der Waals surface area (Å²) in [6.07, 6.45) is 3.36. The van der Waals surface area contributed by atoms with Crippen molar-refractivity contribution in [1.82, 2.24) is 24.8 Å². The maximum Gasteiger partial charge on any atom is 0.275 e. The van der Waals surface area contributed by atoms with E-state index in [1.165, 1.54) is 0 Å². The Hall–Kier alpha value is -3.00. The van der Waals surface area contributed by atoms with Gasteiger partial charge in [-0.25, -0.2) is 0 Å². The molecule has 1 atom stereocenters. The zero-order valence-corrected chi connectivity index (χ0v) is 17.5. The van der Waals surface area contributed by atoms with Gasteiger partial charge in [-0.15, -0.1) is 0 Å². The van der Waals surface area contributed by atoms with Crippen LogP contribution in [0, 0.1) is 6.92 Å². The molecule has 0 radical (unpaired) electrons. The van der Waals surface area contributed by atoms with Crippen molar-refractivity contribution in [3.05, 3.63) is 65.1 Å². The van der Waals surface area contributed by atoms with E-state index in [1.807, 2.05) is 55.3 Å². The molecule has 2 aromatic heterocycles. The first-order chi connectivity index (χ1) is 14.6. The van der Waals surface area contributed by atoms with Crippen LogP contribution in [0.3, 0.4) is 0 Å². The number of aromatic nitrogens is 4. The van der Waals surface area contributed by atoms with Crippen molar-refractivity contribution in [1.29, 1.82) is 0 Å². The summed E-state index contributed by atoms with van der Waals surface area (Å²) in [4.78, 5) is 19.4. The van der Waals surface area contributed by atoms with Crippen LogP contribution in [-0.4, -0.2) is 43.9 Å². The summed E-state index contributed by atoms with van der Waals surface area (Å²) in [6, 6.07) is 11.6. The fourth-order valence-electron chi connectivity index (χ4n) is 3.68. The molecule has 1 amide bonds. The lowest BCUT2D eigenvalue weighted by molar-refractivity contribution is 0.0554. The number of hydrogen-bond donors (Lipinski definition) is 0. The number of rotatable bonds is 7. The largest absolute Gasteiger partial charge is 0.376 e. The van der Waals surface area contributed by atoms with Crippen molar-refractivity contribution in [3.63, 3.8) is 0 Å². The van der Waals surface area contributed by atoms with Gasteiger partial charge in [-0.3, -0.25) is 9.48 Å². The average molecular weight is 409 g/mol. The van der Waals surface area contributed by atoms with Gasteiger partial charge in [0.15, 0.2) is 11.5 Å². The van der Waals surface area contributed by atoms with Crippen molar-refractivity contribution in [2.75, 3.05) is 13.2 Å². The first kappa shape index (κ1) is 20.3. The number of hydrogen-bond acceptors (Lipinski definition) is 6. The van der Waals surface area contributed by atoms with Gasteiger partial charge in [0.1, 0.15) is 6.04 Å². The molecule has 1 aliphatic heterocycles. The Morgan fingerprint density at radius 2 is 2.10 bits per heavy atom. The van der Waals surface area contributed by atoms with E-state index in [0.29, 0.717) is 43.6 Å². The van der Waals surface area contributed by atoms with Crippen LogP contribution < -0.4 is 0 Å². The lowest BCUT2D eigenvalue weighted by Crippen LogP contribution is -2.39. The monoisotopic (exact) mass is 409 g/mol. The Labute approximate surface area is 175 Å². The van der Waals surface area contributed by atoms with E-state index in [4.69, 9.17) is 9.26 Å². The number of ether oxygens (including phenoxy) is 1. The molecule has 0 aliphatic carbocycles. The lowest BCUT2D eigenvalue weighted by atomic mass is 10.0. The Morgan fingerprint density at radius 3 is 2.87 bits per heavy atom. The minimum atomic E-state index is -0.208. The van der Waals surface area contributed by atoms with Gasteiger partial charge < -0.3 is 14.2 Å². The van der Waals surface area contributed by atoms with Crippen LogP contribution in [-0.2, 0) is 24.8 Å². The molecule has 4 rings (SSSR count). The molecule has 158 valence electrons. The van der Waals surface area contributed by atoms with Crippen molar-refractivity contribution in [2.45, 2.75) is 45.3 Å². The Kier molecular flexibility index (Phi) is 6.23. The fourth-order valence-corrected chi connectivity index (χ4v) is 3.68. The average Bonchev–Trinajstić information content (AvgIpc) is 3.38. The summed E-state index contributed by atoms with van der Waals surface area (Å²) in [5.74, 6) is 1.01. The summed E-state index contributed by atoms with van der Waals surface area (Å²) in [5, 5.41) is 8.43. The van der Waals surface area contributed by atoms with Crippen molar-refractivity contribution in [3.8, 4) is 0 Å².